The number of nitro benzene ring substituents is 1. The minimum absolute atomic E-state index is 0.131. The van der Waals surface area contributed by atoms with Crippen molar-refractivity contribution in [1.82, 2.24) is 20.4 Å². The lowest BCUT2D eigenvalue weighted by Crippen LogP contribution is -2.47. The maximum Gasteiger partial charge on any atom is 0.294 e. The van der Waals surface area contributed by atoms with Crippen LogP contribution >= 0.6 is 0 Å². The van der Waals surface area contributed by atoms with E-state index < -0.39 is 28.0 Å². The Balaban J connectivity index is 1.98. The van der Waals surface area contributed by atoms with Gasteiger partial charge in [-0.05, 0) is 32.3 Å². The Labute approximate surface area is 159 Å². The molecule has 0 radical (unpaired) electrons. The van der Waals surface area contributed by atoms with Gasteiger partial charge in [0.1, 0.15) is 11.7 Å². The molecule has 1 aliphatic rings. The number of benzene rings is 1. The van der Waals surface area contributed by atoms with Crippen molar-refractivity contribution in [2.75, 3.05) is 6.54 Å². The highest BCUT2D eigenvalue weighted by Crippen LogP contribution is 2.22. The predicted molar refractivity (Wildman–Crippen MR) is 99.3 cm³/mol. The van der Waals surface area contributed by atoms with Gasteiger partial charge in [0, 0.05) is 24.4 Å². The van der Waals surface area contributed by atoms with E-state index in [2.05, 4.69) is 15.7 Å². The van der Waals surface area contributed by atoms with Crippen LogP contribution in [0.5, 0.6) is 0 Å². The Kier molecular flexibility index (Phi) is 5.48. The Morgan fingerprint density at radius 2 is 2.07 bits per heavy atom. The minimum atomic E-state index is -0.792. The van der Waals surface area contributed by atoms with E-state index in [0.717, 1.165) is 12.8 Å². The zero-order valence-electron chi connectivity index (χ0n) is 15.2. The first kappa shape index (κ1) is 19.2. The molecule has 3 rings (SSSR count). The van der Waals surface area contributed by atoms with Crippen LogP contribution in [0.25, 0.3) is 5.69 Å². The van der Waals surface area contributed by atoms with Gasteiger partial charge in [-0.1, -0.05) is 12.1 Å². The lowest BCUT2D eigenvalue weighted by Gasteiger charge is -2.16. The van der Waals surface area contributed by atoms with Crippen molar-refractivity contribution in [3.63, 3.8) is 0 Å². The molecule has 0 saturated carbocycles. The molecule has 0 aliphatic carbocycles. The van der Waals surface area contributed by atoms with Gasteiger partial charge >= 0.3 is 0 Å². The fourth-order valence-electron chi connectivity index (χ4n) is 3.05. The molecule has 1 aromatic heterocycles. The van der Waals surface area contributed by atoms with Crippen molar-refractivity contribution in [2.24, 2.45) is 0 Å². The lowest BCUT2D eigenvalue weighted by atomic mass is 10.1. The summed E-state index contributed by atoms with van der Waals surface area (Å²) in [5, 5.41) is 20.6. The van der Waals surface area contributed by atoms with Crippen LogP contribution in [0, 0.1) is 17.0 Å². The smallest absolute Gasteiger partial charge is 0.294 e. The summed E-state index contributed by atoms with van der Waals surface area (Å²) in [6.07, 6.45) is 2.03. The van der Waals surface area contributed by atoms with Gasteiger partial charge in [0.15, 0.2) is 5.69 Å². The van der Waals surface area contributed by atoms with Crippen LogP contribution in [0.15, 0.2) is 35.1 Å². The Morgan fingerprint density at radius 1 is 1.32 bits per heavy atom. The molecule has 0 spiro atoms. The van der Waals surface area contributed by atoms with Crippen molar-refractivity contribution in [2.45, 2.75) is 32.2 Å². The molecule has 2 heterocycles. The second-order valence-electron chi connectivity index (χ2n) is 6.47. The van der Waals surface area contributed by atoms with Crippen LogP contribution in [0.1, 0.15) is 35.4 Å². The Hall–Kier alpha value is -3.56. The largest absolute Gasteiger partial charge is 0.354 e. The van der Waals surface area contributed by atoms with Gasteiger partial charge in [-0.2, -0.15) is 5.10 Å². The molecular weight excluding hydrogens is 366 g/mol. The van der Waals surface area contributed by atoms with Crippen molar-refractivity contribution in [1.29, 1.82) is 0 Å². The van der Waals surface area contributed by atoms with Gasteiger partial charge in [0.2, 0.25) is 11.3 Å². The third-order valence-electron chi connectivity index (χ3n) is 4.47. The molecule has 1 aromatic carbocycles. The average molecular weight is 385 g/mol. The molecule has 10 nitrogen and oxygen atoms in total. The van der Waals surface area contributed by atoms with Crippen LogP contribution < -0.4 is 16.1 Å². The highest BCUT2D eigenvalue weighted by Gasteiger charge is 2.26. The molecule has 0 bridgehead atoms. The summed E-state index contributed by atoms with van der Waals surface area (Å²) in [4.78, 5) is 47.7. The molecule has 146 valence electrons. The average Bonchev–Trinajstić information content (AvgIpc) is 2.86. The Morgan fingerprint density at radius 3 is 2.82 bits per heavy atom. The minimum Gasteiger partial charge on any atom is -0.354 e. The number of rotatable bonds is 4. The van der Waals surface area contributed by atoms with Gasteiger partial charge in [-0.25, -0.2) is 4.68 Å². The summed E-state index contributed by atoms with van der Waals surface area (Å²) >= 11 is 0. The van der Waals surface area contributed by atoms with Crippen LogP contribution in [-0.4, -0.2) is 39.1 Å². The van der Waals surface area contributed by atoms with Gasteiger partial charge < -0.3 is 10.6 Å². The molecule has 10 heteroatoms. The highest BCUT2D eigenvalue weighted by atomic mass is 16.6. The van der Waals surface area contributed by atoms with Crippen molar-refractivity contribution in [3.05, 3.63) is 62.1 Å². The number of carbonyl (C=O) groups is 2. The van der Waals surface area contributed by atoms with Crippen molar-refractivity contribution in [3.8, 4) is 5.69 Å². The molecule has 2 N–H and O–H groups in total. The van der Waals surface area contributed by atoms with Gasteiger partial charge in [0.05, 0.1) is 4.92 Å². The number of nitrogens with zero attached hydrogens (tertiary/aromatic N) is 3. The molecule has 28 heavy (non-hydrogen) atoms. The first-order valence-electron chi connectivity index (χ1n) is 8.82. The highest BCUT2D eigenvalue weighted by molar-refractivity contribution is 5.96. The number of amides is 2. The van der Waals surface area contributed by atoms with E-state index in [-0.39, 0.29) is 17.3 Å². The molecule has 1 unspecified atom stereocenters. The second-order valence-corrected chi connectivity index (χ2v) is 6.47. The fourth-order valence-corrected chi connectivity index (χ4v) is 3.05. The number of aryl methyl sites for hydroxylation is 1. The number of para-hydroxylation sites is 2. The van der Waals surface area contributed by atoms with Crippen LogP contribution in [-0.2, 0) is 4.79 Å². The number of carbonyl (C=O) groups excluding carboxylic acids is 2. The Bertz CT molecular complexity index is 1000. The fraction of sp³-hybridized carbons (Fsp3) is 0.333. The first-order chi connectivity index (χ1) is 13.4. The third-order valence-corrected chi connectivity index (χ3v) is 4.47. The topological polar surface area (TPSA) is 136 Å². The normalized spacial score (nSPS) is 16.8. The van der Waals surface area contributed by atoms with Crippen LogP contribution in [0.2, 0.25) is 0 Å². The van der Waals surface area contributed by atoms with Crippen molar-refractivity contribution < 1.29 is 14.5 Å². The van der Waals surface area contributed by atoms with E-state index in [1.807, 2.05) is 0 Å². The zero-order valence-corrected chi connectivity index (χ0v) is 15.2. The van der Waals surface area contributed by atoms with E-state index in [1.165, 1.54) is 28.9 Å². The van der Waals surface area contributed by atoms with Crippen LogP contribution in [0.3, 0.4) is 0 Å². The van der Waals surface area contributed by atoms with E-state index >= 15 is 0 Å². The van der Waals surface area contributed by atoms with E-state index in [0.29, 0.717) is 18.7 Å². The maximum absolute atomic E-state index is 12.6. The molecule has 1 aliphatic heterocycles. The number of aromatic nitrogens is 2. The molecule has 2 amide bonds. The van der Waals surface area contributed by atoms with Crippen LogP contribution in [0.4, 0.5) is 5.69 Å². The van der Waals surface area contributed by atoms with Gasteiger partial charge in [-0.3, -0.25) is 24.5 Å². The number of hydrogen-bond donors (Lipinski definition) is 2. The molecule has 1 fully saturated rings. The molecule has 1 saturated heterocycles. The maximum atomic E-state index is 12.6. The molecule has 2 aromatic rings. The summed E-state index contributed by atoms with van der Waals surface area (Å²) in [5.41, 5.74) is -0.801. The standard InChI is InChI=1S/C18H19N5O5/c1-11-10-15(24)16(18(26)20-12-6-4-5-9-19-17(12)25)21-22(11)13-7-2-3-8-14(13)23(27)28/h2-3,7-8,10,12H,4-6,9H2,1H3,(H,19,25)(H,20,26). The second kappa shape index (κ2) is 7.99. The summed E-state index contributed by atoms with van der Waals surface area (Å²) in [7, 11) is 0. The predicted octanol–water partition coefficient (Wildman–Crippen LogP) is 0.848. The summed E-state index contributed by atoms with van der Waals surface area (Å²) < 4.78 is 1.18. The summed E-state index contributed by atoms with van der Waals surface area (Å²) in [5.74, 6) is -1.10. The first-order valence-corrected chi connectivity index (χ1v) is 8.82. The number of nitro groups is 1. The van der Waals surface area contributed by atoms with E-state index in [1.54, 1.807) is 13.0 Å². The molecule has 1 atom stereocenters. The van der Waals surface area contributed by atoms with Gasteiger partial charge in [-0.15, -0.1) is 0 Å². The van der Waals surface area contributed by atoms with Gasteiger partial charge in [0.25, 0.3) is 11.6 Å². The lowest BCUT2D eigenvalue weighted by molar-refractivity contribution is -0.384. The monoisotopic (exact) mass is 385 g/mol. The third kappa shape index (κ3) is 3.90. The SMILES string of the molecule is Cc1cc(=O)c(C(=O)NC2CCCCNC2=O)nn1-c1ccccc1[N+](=O)[O-]. The summed E-state index contributed by atoms with van der Waals surface area (Å²) in [6.45, 7) is 2.10. The van der Waals surface area contributed by atoms with E-state index in [4.69, 9.17) is 0 Å². The van der Waals surface area contributed by atoms with Crippen molar-refractivity contribution >= 4 is 17.5 Å². The number of nitrogens with one attached hydrogen (secondary N) is 2. The zero-order chi connectivity index (χ0) is 20.3. The number of hydrogen-bond acceptors (Lipinski definition) is 6. The van der Waals surface area contributed by atoms with E-state index in [9.17, 15) is 24.5 Å². The quantitative estimate of drug-likeness (QED) is 0.591. The summed E-state index contributed by atoms with van der Waals surface area (Å²) in [6, 6.07) is 6.32. The molecular formula is C18H19N5O5.